The second-order valence-corrected chi connectivity index (χ2v) is 11.4. The van der Waals surface area contributed by atoms with E-state index in [1.165, 1.54) is 44.9 Å². The van der Waals surface area contributed by atoms with Crippen molar-refractivity contribution in [2.45, 2.75) is 125 Å². The van der Waals surface area contributed by atoms with Gasteiger partial charge in [0, 0.05) is 5.56 Å². The maximum Gasteiger partial charge on any atom is 0.122 e. The first-order valence-electron chi connectivity index (χ1n) is 13.1. The lowest BCUT2D eigenvalue weighted by Gasteiger charge is -2.25. The lowest BCUT2D eigenvalue weighted by Crippen LogP contribution is -2.32. The van der Waals surface area contributed by atoms with Gasteiger partial charge < -0.3 is 10.2 Å². The summed E-state index contributed by atoms with van der Waals surface area (Å²) in [6, 6.07) is 0. The highest BCUT2D eigenvalue weighted by Crippen LogP contribution is 2.27. The topological polar surface area (TPSA) is 40.5 Å². The van der Waals surface area contributed by atoms with E-state index in [0.717, 1.165) is 57.7 Å². The number of rotatable bonds is 15. The van der Waals surface area contributed by atoms with Crippen LogP contribution >= 0.6 is 0 Å². The Bertz CT molecular complexity index is 790. The first-order chi connectivity index (χ1) is 14.9. The number of aromatic hydroxyl groups is 1. The van der Waals surface area contributed by atoms with Crippen LogP contribution in [-0.4, -0.2) is 15.8 Å². The van der Waals surface area contributed by atoms with Crippen molar-refractivity contribution >= 4 is 13.2 Å². The van der Waals surface area contributed by atoms with Crippen molar-refractivity contribution in [3.05, 3.63) is 27.1 Å². The van der Waals surface area contributed by atoms with E-state index in [1.807, 2.05) is 20.8 Å². The predicted molar refractivity (Wildman–Crippen MR) is 142 cm³/mol. The van der Waals surface area contributed by atoms with Crippen LogP contribution in [0.15, 0.2) is 0 Å². The first kappa shape index (κ1) is 28.8. The molecule has 2 heteroatoms. The van der Waals surface area contributed by atoms with Crippen LogP contribution in [0.5, 0.6) is 5.75 Å². The predicted octanol–water partition coefficient (Wildman–Crippen LogP) is 6.95. The molecule has 2 N–H and O–H groups in total. The van der Waals surface area contributed by atoms with Gasteiger partial charge in [0.1, 0.15) is 5.75 Å². The second-order valence-electron chi connectivity index (χ2n) is 11.4. The summed E-state index contributed by atoms with van der Waals surface area (Å²) in [5.41, 5.74) is 2.00. The largest absolute Gasteiger partial charge is 0.507 e. The average Bonchev–Trinajstić information content (AvgIpc) is 2.70. The number of aliphatic hydroxyl groups is 1. The van der Waals surface area contributed by atoms with Crippen LogP contribution in [-0.2, 0) is 6.42 Å². The Morgan fingerprint density at radius 1 is 0.750 bits per heavy atom. The van der Waals surface area contributed by atoms with Gasteiger partial charge in [0.2, 0.25) is 0 Å². The van der Waals surface area contributed by atoms with E-state index in [-0.39, 0.29) is 0 Å². The minimum Gasteiger partial charge on any atom is -0.507 e. The van der Waals surface area contributed by atoms with Gasteiger partial charge in [-0.3, -0.25) is 0 Å². The zero-order valence-corrected chi connectivity index (χ0v) is 22.3. The summed E-state index contributed by atoms with van der Waals surface area (Å²) in [7, 11) is 0. The van der Waals surface area contributed by atoms with E-state index in [9.17, 15) is 10.2 Å². The molecule has 3 atom stereocenters. The van der Waals surface area contributed by atoms with Gasteiger partial charge in [0.25, 0.3) is 0 Å². The highest BCUT2D eigenvalue weighted by molar-refractivity contribution is 5.47. The molecule has 0 amide bonds. The highest BCUT2D eigenvalue weighted by atomic mass is 16.3. The Balaban J connectivity index is 2.37. The summed E-state index contributed by atoms with van der Waals surface area (Å²) in [6.07, 6.45) is 12.4. The Labute approximate surface area is 198 Å². The molecular formula is C30H52O2. The lowest BCUT2D eigenvalue weighted by molar-refractivity contribution is 0.0384. The summed E-state index contributed by atoms with van der Waals surface area (Å²) in [5.74, 6) is 2.72. The minimum atomic E-state index is -0.719. The Morgan fingerprint density at radius 2 is 1.25 bits per heavy atom. The second kappa shape index (κ2) is 13.4. The number of hydrogen-bond acceptors (Lipinski definition) is 2. The van der Waals surface area contributed by atoms with Gasteiger partial charge in [0.15, 0.2) is 0 Å². The molecule has 1 aromatic rings. The van der Waals surface area contributed by atoms with Crippen molar-refractivity contribution in [3.63, 3.8) is 0 Å². The fraction of sp³-hybridized carbons (Fsp3) is 0.733. The molecule has 0 fully saturated rings. The third kappa shape index (κ3) is 9.69. The van der Waals surface area contributed by atoms with Crippen LogP contribution < -0.4 is 10.4 Å². The molecule has 0 heterocycles. The van der Waals surface area contributed by atoms with E-state index < -0.39 is 5.60 Å². The van der Waals surface area contributed by atoms with Gasteiger partial charge in [0.05, 0.1) is 5.60 Å². The molecule has 0 aliphatic heterocycles. The molecule has 0 bridgehead atoms. The zero-order chi connectivity index (χ0) is 24.5. The van der Waals surface area contributed by atoms with Crippen molar-refractivity contribution in [2.24, 2.45) is 17.8 Å². The van der Waals surface area contributed by atoms with Gasteiger partial charge in [-0.1, -0.05) is 92.2 Å². The fourth-order valence-electron chi connectivity index (χ4n) is 4.78. The highest BCUT2D eigenvalue weighted by Gasteiger charge is 2.22. The van der Waals surface area contributed by atoms with Crippen molar-refractivity contribution in [3.8, 4) is 5.75 Å². The number of phenols is 1. The Hall–Kier alpha value is -1.28. The third-order valence-corrected chi connectivity index (χ3v) is 7.58. The summed E-state index contributed by atoms with van der Waals surface area (Å²) in [4.78, 5) is 0. The molecule has 3 unspecified atom stereocenters. The number of phenolic OH excluding ortho intramolecular Hbond substituents is 1. The van der Waals surface area contributed by atoms with E-state index in [4.69, 9.17) is 0 Å². The normalized spacial score (nSPS) is 15.7. The molecule has 0 saturated carbocycles. The van der Waals surface area contributed by atoms with Gasteiger partial charge in [-0.05, 0) is 79.4 Å². The third-order valence-electron chi connectivity index (χ3n) is 7.58. The molecule has 0 aliphatic carbocycles. The average molecular weight is 445 g/mol. The Kier molecular flexibility index (Phi) is 12.1. The van der Waals surface area contributed by atoms with Gasteiger partial charge in [-0.15, -0.1) is 0 Å². The Morgan fingerprint density at radius 3 is 1.78 bits per heavy atom. The molecule has 0 radical (unpaired) electrons. The van der Waals surface area contributed by atoms with Gasteiger partial charge in [-0.2, -0.15) is 0 Å². The lowest BCUT2D eigenvalue weighted by atomic mass is 9.87. The van der Waals surface area contributed by atoms with E-state index in [0.29, 0.717) is 18.6 Å². The minimum absolute atomic E-state index is 0.322. The summed E-state index contributed by atoms with van der Waals surface area (Å²) in [5, 5.41) is 23.2. The van der Waals surface area contributed by atoms with Crippen molar-refractivity contribution in [1.82, 2.24) is 0 Å². The summed E-state index contributed by atoms with van der Waals surface area (Å²) >= 11 is 0. The van der Waals surface area contributed by atoms with E-state index >= 15 is 0 Å². The molecular weight excluding hydrogens is 392 g/mol. The maximum atomic E-state index is 10.9. The molecule has 2 nitrogen and oxygen atoms in total. The molecule has 1 aromatic carbocycles. The molecule has 184 valence electrons. The maximum absolute atomic E-state index is 10.9. The molecule has 1 rings (SSSR count). The van der Waals surface area contributed by atoms with Crippen molar-refractivity contribution < 1.29 is 10.2 Å². The van der Waals surface area contributed by atoms with E-state index in [2.05, 4.69) is 40.9 Å². The van der Waals surface area contributed by atoms with Crippen LogP contribution in [0.1, 0.15) is 116 Å². The molecule has 32 heavy (non-hydrogen) atoms. The van der Waals surface area contributed by atoms with Crippen molar-refractivity contribution in [2.75, 3.05) is 0 Å². The zero-order valence-electron chi connectivity index (χ0n) is 22.3. The van der Waals surface area contributed by atoms with Crippen LogP contribution in [0, 0.1) is 31.6 Å². The quantitative estimate of drug-likeness (QED) is 0.307. The number of hydrogen-bond donors (Lipinski definition) is 2. The number of benzene rings is 1. The fourth-order valence-corrected chi connectivity index (χ4v) is 4.78. The molecule has 0 aromatic heterocycles. The standard InChI is InChI=1S/C30H52O2/c1-21(2)13-10-14-22(3)15-11-16-23(4)17-12-19-30(9,32)20-18-28-26(7)24(5)25(6)27(8)29(28)31/h21-23,31-32H,5,7,10-20H2,1-4,6,8-9H3. The molecule has 0 spiro atoms. The van der Waals surface area contributed by atoms with E-state index in [1.54, 1.807) is 0 Å². The van der Waals surface area contributed by atoms with Gasteiger partial charge in [-0.25, -0.2) is 0 Å². The van der Waals surface area contributed by atoms with Crippen molar-refractivity contribution in [1.29, 1.82) is 0 Å². The monoisotopic (exact) mass is 444 g/mol. The van der Waals surface area contributed by atoms with Crippen LogP contribution in [0.25, 0.3) is 13.2 Å². The molecule has 0 aliphatic rings. The van der Waals surface area contributed by atoms with Crippen LogP contribution in [0.2, 0.25) is 0 Å². The van der Waals surface area contributed by atoms with Crippen LogP contribution in [0.3, 0.4) is 0 Å². The van der Waals surface area contributed by atoms with Crippen LogP contribution in [0.4, 0.5) is 0 Å². The smallest absolute Gasteiger partial charge is 0.122 e. The summed E-state index contributed by atoms with van der Waals surface area (Å²) in [6.45, 7) is 23.5. The van der Waals surface area contributed by atoms with Gasteiger partial charge >= 0.3 is 0 Å². The first-order valence-corrected chi connectivity index (χ1v) is 13.1. The molecule has 0 saturated heterocycles. The SMILES string of the molecule is C=c1c(C)c(C)c(O)c(CCC(C)(O)CCCC(C)CCCC(C)CCCC(C)C)c1=C. The summed E-state index contributed by atoms with van der Waals surface area (Å²) < 4.78 is 0.